The number of allylic oxidation sites excluding steroid dienone is 1. The van der Waals surface area contributed by atoms with Gasteiger partial charge in [0.25, 0.3) is 0 Å². The zero-order valence-corrected chi connectivity index (χ0v) is 10.3. The summed E-state index contributed by atoms with van der Waals surface area (Å²) in [5.74, 6) is 0. The fourth-order valence-corrected chi connectivity index (χ4v) is 3.20. The first-order valence-electron chi connectivity index (χ1n) is 4.77. The first-order chi connectivity index (χ1) is 7.38. The molecule has 0 atom stereocenters. The number of hydrogen-bond donors (Lipinski definition) is 0. The standard InChI is InChI=1S/C12H13NO2S/c1-9-7-10(2)12(11(3)8-9)16(14,15)6-4-5-13/h4,6-8H,1-3H3. The third-order valence-corrected chi connectivity index (χ3v) is 3.92. The van der Waals surface area contributed by atoms with Gasteiger partial charge in [0.1, 0.15) is 0 Å². The van der Waals surface area contributed by atoms with Crippen molar-refractivity contribution in [1.82, 2.24) is 0 Å². The number of aryl methyl sites for hydroxylation is 3. The molecule has 84 valence electrons. The van der Waals surface area contributed by atoms with Crippen LogP contribution in [0.1, 0.15) is 16.7 Å². The maximum Gasteiger partial charge on any atom is 0.201 e. The molecule has 0 aliphatic carbocycles. The molecule has 0 aliphatic heterocycles. The zero-order chi connectivity index (χ0) is 12.3. The van der Waals surface area contributed by atoms with Crippen LogP contribution in [0, 0.1) is 32.1 Å². The predicted molar refractivity (Wildman–Crippen MR) is 62.6 cm³/mol. The van der Waals surface area contributed by atoms with Gasteiger partial charge in [-0.2, -0.15) is 5.26 Å². The van der Waals surface area contributed by atoms with Gasteiger partial charge < -0.3 is 0 Å². The van der Waals surface area contributed by atoms with Crippen LogP contribution in [0.15, 0.2) is 28.5 Å². The number of hydrogen-bond acceptors (Lipinski definition) is 3. The molecule has 0 N–H and O–H groups in total. The van der Waals surface area contributed by atoms with Gasteiger partial charge in [-0.25, -0.2) is 8.42 Å². The van der Waals surface area contributed by atoms with E-state index in [1.165, 1.54) is 0 Å². The zero-order valence-electron chi connectivity index (χ0n) is 9.48. The molecule has 1 rings (SSSR count). The summed E-state index contributed by atoms with van der Waals surface area (Å²) in [5, 5.41) is 9.30. The molecular weight excluding hydrogens is 222 g/mol. The van der Waals surface area contributed by atoms with Crippen LogP contribution in [-0.4, -0.2) is 8.42 Å². The van der Waals surface area contributed by atoms with Crippen LogP contribution in [0.3, 0.4) is 0 Å². The largest absolute Gasteiger partial charge is 0.219 e. The monoisotopic (exact) mass is 235 g/mol. The van der Waals surface area contributed by atoms with Gasteiger partial charge in [-0.3, -0.25) is 0 Å². The van der Waals surface area contributed by atoms with Crippen molar-refractivity contribution in [3.63, 3.8) is 0 Å². The summed E-state index contributed by atoms with van der Waals surface area (Å²) in [6, 6.07) is 5.32. The third kappa shape index (κ3) is 2.50. The molecule has 0 radical (unpaired) electrons. The van der Waals surface area contributed by atoms with Crippen LogP contribution in [0.5, 0.6) is 0 Å². The normalized spacial score (nSPS) is 11.6. The molecule has 0 heterocycles. The van der Waals surface area contributed by atoms with Crippen molar-refractivity contribution < 1.29 is 8.42 Å². The number of benzene rings is 1. The van der Waals surface area contributed by atoms with Crippen molar-refractivity contribution in [3.05, 3.63) is 40.3 Å². The minimum Gasteiger partial charge on any atom is -0.219 e. The van der Waals surface area contributed by atoms with E-state index in [-0.39, 0.29) is 0 Å². The summed E-state index contributed by atoms with van der Waals surface area (Å²) in [6.07, 6.45) is 0.980. The fourth-order valence-electron chi connectivity index (χ4n) is 1.80. The predicted octanol–water partition coefficient (Wildman–Crippen LogP) is 2.42. The lowest BCUT2D eigenvalue weighted by molar-refractivity contribution is 0.603. The molecule has 0 aromatic heterocycles. The Hall–Kier alpha value is -1.60. The van der Waals surface area contributed by atoms with E-state index in [1.54, 1.807) is 19.9 Å². The SMILES string of the molecule is Cc1cc(C)c(S(=O)(=O)C=CC#N)c(C)c1. The highest BCUT2D eigenvalue weighted by Gasteiger charge is 2.16. The molecule has 1 aromatic rings. The second-order valence-electron chi connectivity index (χ2n) is 3.70. The average Bonchev–Trinajstić information content (AvgIpc) is 2.12. The van der Waals surface area contributed by atoms with E-state index in [9.17, 15) is 8.42 Å². The van der Waals surface area contributed by atoms with E-state index in [2.05, 4.69) is 0 Å². The van der Waals surface area contributed by atoms with Gasteiger partial charge in [0.2, 0.25) is 9.84 Å². The molecule has 0 bridgehead atoms. The second kappa shape index (κ2) is 4.50. The van der Waals surface area contributed by atoms with E-state index in [1.807, 2.05) is 19.1 Å². The molecule has 0 saturated heterocycles. The quantitative estimate of drug-likeness (QED) is 0.740. The fraction of sp³-hybridized carbons (Fsp3) is 0.250. The molecule has 0 amide bonds. The van der Waals surface area contributed by atoms with Crippen LogP contribution >= 0.6 is 0 Å². The molecule has 3 nitrogen and oxygen atoms in total. The van der Waals surface area contributed by atoms with Gasteiger partial charge >= 0.3 is 0 Å². The maximum atomic E-state index is 11.9. The topological polar surface area (TPSA) is 57.9 Å². The van der Waals surface area contributed by atoms with Crippen LogP contribution in [-0.2, 0) is 9.84 Å². The number of nitrogens with zero attached hydrogens (tertiary/aromatic N) is 1. The molecule has 0 aliphatic rings. The summed E-state index contributed by atoms with van der Waals surface area (Å²) in [4.78, 5) is 0.296. The van der Waals surface area contributed by atoms with E-state index in [4.69, 9.17) is 5.26 Å². The Morgan fingerprint density at radius 3 is 2.12 bits per heavy atom. The van der Waals surface area contributed by atoms with Gasteiger partial charge in [-0.15, -0.1) is 0 Å². The first kappa shape index (κ1) is 12.5. The first-order valence-corrected chi connectivity index (χ1v) is 6.32. The van der Waals surface area contributed by atoms with E-state index < -0.39 is 9.84 Å². The smallest absolute Gasteiger partial charge is 0.201 e. The Labute approximate surface area is 95.9 Å². The van der Waals surface area contributed by atoms with Crippen LogP contribution < -0.4 is 0 Å². The number of rotatable bonds is 2. The minimum atomic E-state index is -3.50. The summed E-state index contributed by atoms with van der Waals surface area (Å²) < 4.78 is 23.8. The van der Waals surface area contributed by atoms with Crippen molar-refractivity contribution >= 4 is 9.84 Å². The van der Waals surface area contributed by atoms with Crippen LogP contribution in [0.4, 0.5) is 0 Å². The summed E-state index contributed by atoms with van der Waals surface area (Å²) in [7, 11) is -3.50. The lowest BCUT2D eigenvalue weighted by Gasteiger charge is -2.09. The number of nitriles is 1. The summed E-state index contributed by atoms with van der Waals surface area (Å²) >= 11 is 0. The summed E-state index contributed by atoms with van der Waals surface area (Å²) in [5.41, 5.74) is 2.44. The Balaban J connectivity index is 3.47. The lowest BCUT2D eigenvalue weighted by Crippen LogP contribution is -2.02. The van der Waals surface area contributed by atoms with Gasteiger partial charge in [-0.1, -0.05) is 17.7 Å². The molecule has 0 unspecified atom stereocenters. The Morgan fingerprint density at radius 1 is 1.19 bits per heavy atom. The van der Waals surface area contributed by atoms with Crippen LogP contribution in [0.25, 0.3) is 0 Å². The van der Waals surface area contributed by atoms with Gasteiger partial charge in [0.05, 0.1) is 11.0 Å². The Morgan fingerprint density at radius 2 is 1.69 bits per heavy atom. The van der Waals surface area contributed by atoms with E-state index >= 15 is 0 Å². The van der Waals surface area contributed by atoms with Gasteiger partial charge in [0, 0.05) is 11.5 Å². The third-order valence-electron chi connectivity index (χ3n) is 2.21. The number of sulfone groups is 1. The highest BCUT2D eigenvalue weighted by molar-refractivity contribution is 7.94. The molecule has 0 spiro atoms. The highest BCUT2D eigenvalue weighted by atomic mass is 32.2. The van der Waals surface area contributed by atoms with Gasteiger partial charge in [0.15, 0.2) is 0 Å². The lowest BCUT2D eigenvalue weighted by atomic mass is 10.1. The van der Waals surface area contributed by atoms with Gasteiger partial charge in [-0.05, 0) is 31.9 Å². The van der Waals surface area contributed by atoms with E-state index in [0.717, 1.165) is 17.0 Å². The van der Waals surface area contributed by atoms with E-state index in [0.29, 0.717) is 16.0 Å². The molecule has 4 heteroatoms. The Bertz CT molecular complexity index is 555. The average molecular weight is 235 g/mol. The molecule has 0 fully saturated rings. The van der Waals surface area contributed by atoms with Crippen molar-refractivity contribution in [2.75, 3.05) is 0 Å². The summed E-state index contributed by atoms with van der Waals surface area (Å²) in [6.45, 7) is 5.43. The van der Waals surface area contributed by atoms with Crippen molar-refractivity contribution in [2.24, 2.45) is 0 Å². The second-order valence-corrected chi connectivity index (χ2v) is 5.48. The van der Waals surface area contributed by atoms with Crippen molar-refractivity contribution in [3.8, 4) is 6.07 Å². The minimum absolute atomic E-state index is 0.296. The van der Waals surface area contributed by atoms with Crippen molar-refractivity contribution in [2.45, 2.75) is 25.7 Å². The van der Waals surface area contributed by atoms with Crippen molar-refractivity contribution in [1.29, 1.82) is 5.26 Å². The molecule has 1 aromatic carbocycles. The molecule has 16 heavy (non-hydrogen) atoms. The Kier molecular flexibility index (Phi) is 3.51. The highest BCUT2D eigenvalue weighted by Crippen LogP contribution is 2.23. The maximum absolute atomic E-state index is 11.9. The molecular formula is C12H13NO2S. The van der Waals surface area contributed by atoms with Crippen LogP contribution in [0.2, 0.25) is 0 Å². The molecule has 0 saturated carbocycles.